The van der Waals surface area contributed by atoms with Crippen LogP contribution in [-0.4, -0.2) is 40.8 Å². The molecule has 1 amide bonds. The monoisotopic (exact) mass is 310 g/mol. The van der Waals surface area contributed by atoms with Crippen molar-refractivity contribution in [1.29, 1.82) is 0 Å². The van der Waals surface area contributed by atoms with Crippen LogP contribution in [0.2, 0.25) is 0 Å². The molecule has 114 valence electrons. The third-order valence-corrected chi connectivity index (χ3v) is 5.33. The number of hydrogen-bond donors (Lipinski definition) is 2. The first-order valence-electron chi connectivity index (χ1n) is 6.90. The van der Waals surface area contributed by atoms with Gasteiger partial charge in [-0.25, -0.2) is 0 Å². The highest BCUT2D eigenvalue weighted by Crippen LogP contribution is 2.23. The van der Waals surface area contributed by atoms with Crippen molar-refractivity contribution in [2.75, 3.05) is 19.3 Å². The molecule has 1 saturated carbocycles. The lowest BCUT2D eigenvalue weighted by Crippen LogP contribution is -2.44. The molecule has 19 heavy (non-hydrogen) atoms. The van der Waals surface area contributed by atoms with Gasteiger partial charge < -0.3 is 10.6 Å². The summed E-state index contributed by atoms with van der Waals surface area (Å²) < 4.78 is 11.8. The summed E-state index contributed by atoms with van der Waals surface area (Å²) in [6.45, 7) is 4.59. The van der Waals surface area contributed by atoms with Gasteiger partial charge in [0.05, 0.1) is 0 Å². The van der Waals surface area contributed by atoms with E-state index in [9.17, 15) is 9.00 Å². The molecule has 6 heteroatoms. The Kier molecular flexibility index (Phi) is 9.66. The molecule has 0 bridgehead atoms. The molecular weight excluding hydrogens is 284 g/mol. The van der Waals surface area contributed by atoms with E-state index in [2.05, 4.69) is 10.6 Å². The van der Waals surface area contributed by atoms with Crippen molar-refractivity contribution in [2.45, 2.75) is 50.8 Å². The Balaban J connectivity index is 0.00000324. The van der Waals surface area contributed by atoms with E-state index in [0.29, 0.717) is 6.54 Å². The summed E-state index contributed by atoms with van der Waals surface area (Å²) in [6, 6.07) is 0.214. The van der Waals surface area contributed by atoms with Crippen LogP contribution in [0.3, 0.4) is 0 Å². The van der Waals surface area contributed by atoms with Crippen LogP contribution in [0.5, 0.6) is 0 Å². The maximum atomic E-state index is 11.9. The van der Waals surface area contributed by atoms with Gasteiger partial charge in [-0.3, -0.25) is 9.00 Å². The van der Waals surface area contributed by atoms with E-state index in [0.717, 1.165) is 31.4 Å². The molecule has 0 spiro atoms. The van der Waals surface area contributed by atoms with Crippen molar-refractivity contribution in [2.24, 2.45) is 5.92 Å². The van der Waals surface area contributed by atoms with Crippen molar-refractivity contribution in [1.82, 2.24) is 10.6 Å². The highest BCUT2D eigenvalue weighted by Gasteiger charge is 2.27. The zero-order valence-corrected chi connectivity index (χ0v) is 13.7. The van der Waals surface area contributed by atoms with Crippen LogP contribution >= 0.6 is 12.4 Å². The summed E-state index contributed by atoms with van der Waals surface area (Å²) in [5.74, 6) is 0.825. The molecular formula is C13H27ClN2O2S. The molecule has 1 fully saturated rings. The Hall–Kier alpha value is -0.130. The predicted molar refractivity (Wildman–Crippen MR) is 83.2 cm³/mol. The molecule has 0 saturated heterocycles. The molecule has 1 aliphatic carbocycles. The second kappa shape index (κ2) is 9.72. The third kappa shape index (κ3) is 6.23. The summed E-state index contributed by atoms with van der Waals surface area (Å²) in [4.78, 5) is 11.9. The molecule has 1 aliphatic rings. The van der Waals surface area contributed by atoms with E-state index < -0.39 is 10.8 Å². The Labute approximate surface area is 125 Å². The van der Waals surface area contributed by atoms with Crippen LogP contribution in [0.15, 0.2) is 0 Å². The number of nitrogens with one attached hydrogen (secondary N) is 2. The normalized spacial score (nSPS) is 26.1. The lowest BCUT2D eigenvalue weighted by molar-refractivity contribution is -0.125. The number of rotatable bonds is 6. The first kappa shape index (κ1) is 18.9. The second-order valence-electron chi connectivity index (χ2n) is 5.12. The van der Waals surface area contributed by atoms with Crippen LogP contribution in [0.4, 0.5) is 0 Å². The maximum absolute atomic E-state index is 11.9. The van der Waals surface area contributed by atoms with Crippen LogP contribution in [0.25, 0.3) is 0 Å². The van der Waals surface area contributed by atoms with Gasteiger partial charge in [-0.05, 0) is 26.3 Å². The highest BCUT2D eigenvalue weighted by atomic mass is 35.5. The average molecular weight is 311 g/mol. The van der Waals surface area contributed by atoms with E-state index >= 15 is 0 Å². The molecule has 0 aromatic carbocycles. The van der Waals surface area contributed by atoms with Gasteiger partial charge in [0, 0.05) is 40.3 Å². The molecule has 0 aromatic rings. The quantitative estimate of drug-likeness (QED) is 0.781. The molecule has 0 aliphatic heterocycles. The molecule has 1 rings (SSSR count). The van der Waals surface area contributed by atoms with Crippen molar-refractivity contribution < 1.29 is 9.00 Å². The molecule has 4 nitrogen and oxygen atoms in total. The standard InChI is InChI=1S/C13H26N2O2S.ClH/c1-4-18(17)12-7-5-6-11(8-12)15-13(16)10(2)9-14-3;/h10-12,14H,4-9H2,1-3H3,(H,15,16);1H. The van der Waals surface area contributed by atoms with Crippen LogP contribution in [0, 0.1) is 5.92 Å². The largest absolute Gasteiger partial charge is 0.353 e. The minimum atomic E-state index is -0.727. The molecule has 4 unspecified atom stereocenters. The van der Waals surface area contributed by atoms with E-state index in [4.69, 9.17) is 0 Å². The summed E-state index contributed by atoms with van der Waals surface area (Å²) >= 11 is 0. The summed E-state index contributed by atoms with van der Waals surface area (Å²) in [6.07, 6.45) is 4.01. The zero-order chi connectivity index (χ0) is 13.5. The first-order chi connectivity index (χ1) is 8.58. The Morgan fingerprint density at radius 3 is 2.68 bits per heavy atom. The van der Waals surface area contributed by atoms with E-state index in [1.807, 2.05) is 20.9 Å². The zero-order valence-electron chi connectivity index (χ0n) is 12.1. The fourth-order valence-corrected chi connectivity index (χ4v) is 3.84. The Morgan fingerprint density at radius 1 is 1.42 bits per heavy atom. The van der Waals surface area contributed by atoms with E-state index in [1.54, 1.807) is 0 Å². The number of carbonyl (C=O) groups is 1. The van der Waals surface area contributed by atoms with Gasteiger partial charge in [0.1, 0.15) is 0 Å². The highest BCUT2D eigenvalue weighted by molar-refractivity contribution is 7.85. The second-order valence-corrected chi connectivity index (χ2v) is 7.13. The van der Waals surface area contributed by atoms with Crippen LogP contribution in [-0.2, 0) is 15.6 Å². The number of carbonyl (C=O) groups excluding carboxylic acids is 1. The molecule has 4 atom stereocenters. The van der Waals surface area contributed by atoms with Gasteiger partial charge in [-0.1, -0.05) is 20.3 Å². The summed E-state index contributed by atoms with van der Waals surface area (Å²) in [5.41, 5.74) is 0. The van der Waals surface area contributed by atoms with Gasteiger partial charge in [-0.2, -0.15) is 0 Å². The van der Waals surface area contributed by atoms with Gasteiger partial charge in [0.25, 0.3) is 0 Å². The van der Waals surface area contributed by atoms with Gasteiger partial charge in [0.2, 0.25) is 5.91 Å². The lowest BCUT2D eigenvalue weighted by Gasteiger charge is -2.29. The molecule has 0 radical (unpaired) electrons. The minimum Gasteiger partial charge on any atom is -0.353 e. The summed E-state index contributed by atoms with van der Waals surface area (Å²) in [5, 5.41) is 6.38. The van der Waals surface area contributed by atoms with Gasteiger partial charge >= 0.3 is 0 Å². The SMILES string of the molecule is CCS(=O)C1CCCC(NC(=O)C(C)CNC)C1.Cl. The number of amides is 1. The van der Waals surface area contributed by atoms with Gasteiger partial charge in [0.15, 0.2) is 0 Å². The average Bonchev–Trinajstić information content (AvgIpc) is 2.38. The summed E-state index contributed by atoms with van der Waals surface area (Å²) in [7, 11) is 1.13. The third-order valence-electron chi connectivity index (χ3n) is 3.59. The number of hydrogen-bond acceptors (Lipinski definition) is 3. The van der Waals surface area contributed by atoms with Crippen molar-refractivity contribution >= 4 is 29.1 Å². The van der Waals surface area contributed by atoms with Gasteiger partial charge in [-0.15, -0.1) is 12.4 Å². The van der Waals surface area contributed by atoms with Crippen molar-refractivity contribution in [3.05, 3.63) is 0 Å². The smallest absolute Gasteiger partial charge is 0.224 e. The molecule has 0 aromatic heterocycles. The predicted octanol–water partition coefficient (Wildman–Crippen LogP) is 1.46. The Morgan fingerprint density at radius 2 is 2.11 bits per heavy atom. The van der Waals surface area contributed by atoms with Crippen LogP contribution in [0.1, 0.15) is 39.5 Å². The maximum Gasteiger partial charge on any atom is 0.224 e. The number of halogens is 1. The Bertz CT molecular complexity index is 302. The van der Waals surface area contributed by atoms with Crippen LogP contribution < -0.4 is 10.6 Å². The molecule has 2 N–H and O–H groups in total. The minimum absolute atomic E-state index is 0. The topological polar surface area (TPSA) is 58.2 Å². The molecule has 0 heterocycles. The van der Waals surface area contributed by atoms with Crippen molar-refractivity contribution in [3.8, 4) is 0 Å². The van der Waals surface area contributed by atoms with Crippen molar-refractivity contribution in [3.63, 3.8) is 0 Å². The lowest BCUT2D eigenvalue weighted by atomic mass is 9.94. The first-order valence-corrected chi connectivity index (χ1v) is 8.28. The van der Waals surface area contributed by atoms with E-state index in [-0.39, 0.29) is 35.5 Å². The fraction of sp³-hybridized carbons (Fsp3) is 0.923. The fourth-order valence-electron chi connectivity index (χ4n) is 2.49. The van der Waals surface area contributed by atoms with E-state index in [1.165, 1.54) is 0 Å².